The number of fused-ring (bicyclic) bond motifs is 1. The Labute approximate surface area is 195 Å². The molecule has 0 spiro atoms. The zero-order valence-electron chi connectivity index (χ0n) is 18.1. The lowest BCUT2D eigenvalue weighted by molar-refractivity contribution is -0.141. The molecule has 0 radical (unpaired) electrons. The van der Waals surface area contributed by atoms with Crippen LogP contribution >= 0.6 is 0 Å². The number of H-pyrrole nitrogens is 1. The standard InChI is InChI=1S/C22H18F3N7O3/c1-11(13-2-4-14(5-3-13)21(34)35)30-19-17-16(31-32-19)18(29-10-28-17)20(33)27-9-12-6-7-26-15(8-12)22(23,24)25/h2-8,10-11H,9H2,1H3,(H,27,33)(H,34,35)(H2,30,31,32). The number of aromatic amines is 1. The molecule has 0 aliphatic heterocycles. The number of carbonyl (C=O) groups excluding carboxylic acids is 1. The third kappa shape index (κ3) is 5.18. The number of pyridine rings is 1. The number of aromatic carboxylic acids is 1. The van der Waals surface area contributed by atoms with Crippen LogP contribution in [0, 0.1) is 0 Å². The fraction of sp³-hybridized carbons (Fsp3) is 0.182. The van der Waals surface area contributed by atoms with Crippen LogP contribution in [0.3, 0.4) is 0 Å². The summed E-state index contributed by atoms with van der Waals surface area (Å²) < 4.78 is 38.5. The largest absolute Gasteiger partial charge is 0.478 e. The molecule has 10 nitrogen and oxygen atoms in total. The molecule has 1 atom stereocenters. The Morgan fingerprint density at radius 2 is 1.86 bits per heavy atom. The van der Waals surface area contributed by atoms with Crippen LogP contribution in [0.5, 0.6) is 0 Å². The van der Waals surface area contributed by atoms with Gasteiger partial charge in [0.15, 0.2) is 11.5 Å². The third-order valence-electron chi connectivity index (χ3n) is 5.14. The van der Waals surface area contributed by atoms with Crippen LogP contribution < -0.4 is 10.6 Å². The summed E-state index contributed by atoms with van der Waals surface area (Å²) in [5.41, 5.74) is 0.684. The van der Waals surface area contributed by atoms with Crippen LogP contribution in [0.4, 0.5) is 19.0 Å². The minimum atomic E-state index is -4.59. The molecule has 3 heterocycles. The van der Waals surface area contributed by atoms with Crippen molar-refractivity contribution in [3.63, 3.8) is 0 Å². The maximum atomic E-state index is 12.8. The first-order valence-electron chi connectivity index (χ1n) is 10.2. The molecule has 4 aromatic rings. The summed E-state index contributed by atoms with van der Waals surface area (Å²) in [6.07, 6.45) is -2.39. The van der Waals surface area contributed by atoms with Gasteiger partial charge in [-0.05, 0) is 42.3 Å². The first kappa shape index (κ1) is 23.6. The highest BCUT2D eigenvalue weighted by Crippen LogP contribution is 2.28. The average molecular weight is 485 g/mol. The number of carbonyl (C=O) groups is 2. The number of amides is 1. The number of hydrogen-bond acceptors (Lipinski definition) is 7. The van der Waals surface area contributed by atoms with Gasteiger partial charge in [0.2, 0.25) is 0 Å². The number of halogens is 3. The van der Waals surface area contributed by atoms with E-state index < -0.39 is 23.7 Å². The number of nitrogens with one attached hydrogen (secondary N) is 3. The fourth-order valence-electron chi connectivity index (χ4n) is 3.32. The van der Waals surface area contributed by atoms with Gasteiger partial charge in [-0.2, -0.15) is 18.3 Å². The maximum Gasteiger partial charge on any atom is 0.433 e. The number of carboxylic acids is 1. The molecule has 0 fully saturated rings. The minimum absolute atomic E-state index is 0.0286. The molecule has 1 aromatic carbocycles. The summed E-state index contributed by atoms with van der Waals surface area (Å²) in [6, 6.07) is 8.28. The summed E-state index contributed by atoms with van der Waals surface area (Å²) in [5, 5.41) is 21.6. The van der Waals surface area contributed by atoms with Gasteiger partial charge in [-0.25, -0.2) is 14.8 Å². The number of hydrogen-bond donors (Lipinski definition) is 4. The smallest absolute Gasteiger partial charge is 0.433 e. The second-order valence-electron chi connectivity index (χ2n) is 7.54. The molecule has 1 unspecified atom stereocenters. The van der Waals surface area contributed by atoms with Crippen LogP contribution in [0.2, 0.25) is 0 Å². The van der Waals surface area contributed by atoms with Crippen LogP contribution in [-0.4, -0.2) is 42.1 Å². The number of aromatic nitrogens is 5. The summed E-state index contributed by atoms with van der Waals surface area (Å²) in [6.45, 7) is 1.67. The Morgan fingerprint density at radius 3 is 2.54 bits per heavy atom. The van der Waals surface area contributed by atoms with Gasteiger partial charge in [0.05, 0.1) is 11.6 Å². The van der Waals surface area contributed by atoms with E-state index in [0.29, 0.717) is 11.3 Å². The van der Waals surface area contributed by atoms with Gasteiger partial charge in [-0.15, -0.1) is 0 Å². The van der Waals surface area contributed by atoms with Crippen molar-refractivity contribution in [2.24, 2.45) is 0 Å². The van der Waals surface area contributed by atoms with Gasteiger partial charge in [-0.1, -0.05) is 12.1 Å². The molecule has 0 saturated heterocycles. The van der Waals surface area contributed by atoms with E-state index in [9.17, 15) is 22.8 Å². The lowest BCUT2D eigenvalue weighted by Crippen LogP contribution is -2.24. The highest BCUT2D eigenvalue weighted by atomic mass is 19.4. The minimum Gasteiger partial charge on any atom is -0.478 e. The lowest BCUT2D eigenvalue weighted by Gasteiger charge is -2.14. The zero-order chi connectivity index (χ0) is 25.2. The second kappa shape index (κ2) is 9.37. The molecular weight excluding hydrogens is 467 g/mol. The summed E-state index contributed by atoms with van der Waals surface area (Å²) in [7, 11) is 0. The Kier molecular flexibility index (Phi) is 6.32. The number of benzene rings is 1. The SMILES string of the molecule is CC(Nc1n[nH]c2c(C(=O)NCc3ccnc(C(F)(F)F)c3)ncnc12)c1ccc(C(=O)O)cc1. The predicted octanol–water partition coefficient (Wildman–Crippen LogP) is 3.57. The van der Waals surface area contributed by atoms with Gasteiger partial charge in [-0.3, -0.25) is 14.9 Å². The van der Waals surface area contributed by atoms with Crippen molar-refractivity contribution in [3.05, 3.63) is 77.0 Å². The summed E-state index contributed by atoms with van der Waals surface area (Å²) in [4.78, 5) is 35.2. The van der Waals surface area contributed by atoms with E-state index >= 15 is 0 Å². The molecule has 0 aliphatic rings. The highest BCUT2D eigenvalue weighted by molar-refractivity contribution is 6.04. The average Bonchev–Trinajstić information content (AvgIpc) is 3.25. The van der Waals surface area contributed by atoms with Crippen LogP contribution in [0.25, 0.3) is 11.0 Å². The normalized spacial score (nSPS) is 12.3. The van der Waals surface area contributed by atoms with Gasteiger partial charge in [0.25, 0.3) is 5.91 Å². The molecule has 0 aliphatic carbocycles. The molecule has 3 aromatic heterocycles. The molecule has 180 valence electrons. The molecule has 0 bridgehead atoms. The Morgan fingerprint density at radius 1 is 1.11 bits per heavy atom. The van der Waals surface area contributed by atoms with Crippen molar-refractivity contribution in [3.8, 4) is 0 Å². The number of nitrogens with zero attached hydrogens (tertiary/aromatic N) is 4. The van der Waals surface area contributed by atoms with Gasteiger partial charge in [0, 0.05) is 12.7 Å². The first-order valence-corrected chi connectivity index (χ1v) is 10.2. The molecule has 4 rings (SSSR count). The molecule has 13 heteroatoms. The summed E-state index contributed by atoms with van der Waals surface area (Å²) >= 11 is 0. The maximum absolute atomic E-state index is 12.8. The van der Waals surface area contributed by atoms with Crippen LogP contribution in [0.15, 0.2) is 48.9 Å². The van der Waals surface area contributed by atoms with Crippen molar-refractivity contribution >= 4 is 28.7 Å². The highest BCUT2D eigenvalue weighted by Gasteiger charge is 2.32. The van der Waals surface area contributed by atoms with E-state index in [-0.39, 0.29) is 34.9 Å². The molecule has 4 N–H and O–H groups in total. The van der Waals surface area contributed by atoms with E-state index in [4.69, 9.17) is 5.11 Å². The summed E-state index contributed by atoms with van der Waals surface area (Å²) in [5.74, 6) is -1.31. The first-order chi connectivity index (χ1) is 16.6. The molecule has 1 amide bonds. The second-order valence-corrected chi connectivity index (χ2v) is 7.54. The van der Waals surface area contributed by atoms with Crippen molar-refractivity contribution in [1.29, 1.82) is 0 Å². The van der Waals surface area contributed by atoms with Gasteiger partial charge >= 0.3 is 12.1 Å². The van der Waals surface area contributed by atoms with Crippen molar-refractivity contribution in [2.45, 2.75) is 25.7 Å². The molecular formula is C22H18F3N7O3. The Balaban J connectivity index is 1.49. The van der Waals surface area contributed by atoms with E-state index in [2.05, 4.69) is 35.8 Å². The Bertz CT molecular complexity index is 1390. The van der Waals surface area contributed by atoms with Crippen LogP contribution in [-0.2, 0) is 12.7 Å². The Hall–Kier alpha value is -4.55. The number of anilines is 1. The van der Waals surface area contributed by atoms with E-state index in [1.165, 1.54) is 24.5 Å². The van der Waals surface area contributed by atoms with E-state index in [1.807, 2.05) is 6.92 Å². The molecule has 0 saturated carbocycles. The monoisotopic (exact) mass is 485 g/mol. The molecule has 35 heavy (non-hydrogen) atoms. The predicted molar refractivity (Wildman–Crippen MR) is 118 cm³/mol. The topological polar surface area (TPSA) is 146 Å². The van der Waals surface area contributed by atoms with Crippen molar-refractivity contribution in [1.82, 2.24) is 30.5 Å². The van der Waals surface area contributed by atoms with E-state index in [0.717, 1.165) is 17.8 Å². The zero-order valence-corrected chi connectivity index (χ0v) is 18.1. The third-order valence-corrected chi connectivity index (χ3v) is 5.14. The quantitative estimate of drug-likeness (QED) is 0.311. The van der Waals surface area contributed by atoms with E-state index in [1.54, 1.807) is 12.1 Å². The lowest BCUT2D eigenvalue weighted by atomic mass is 10.1. The van der Waals surface area contributed by atoms with Gasteiger partial charge < -0.3 is 15.7 Å². The number of carboxylic acid groups (broad SMARTS) is 1. The van der Waals surface area contributed by atoms with Gasteiger partial charge in [0.1, 0.15) is 23.1 Å². The van der Waals surface area contributed by atoms with Crippen molar-refractivity contribution in [2.75, 3.05) is 5.32 Å². The number of rotatable bonds is 7. The van der Waals surface area contributed by atoms with Crippen LogP contribution in [0.1, 0.15) is 50.6 Å². The van der Waals surface area contributed by atoms with Crippen molar-refractivity contribution < 1.29 is 27.9 Å². The number of alkyl halides is 3. The fourth-order valence-corrected chi connectivity index (χ4v) is 3.32.